The number of aryl methyl sites for hydroxylation is 1. The molecule has 0 aliphatic carbocycles. The Balaban J connectivity index is 1.75. The van der Waals surface area contributed by atoms with E-state index < -0.39 is 0 Å². The fourth-order valence-corrected chi connectivity index (χ4v) is 4.70. The molecule has 4 nitrogen and oxygen atoms in total. The van der Waals surface area contributed by atoms with Crippen molar-refractivity contribution in [1.82, 2.24) is 14.8 Å². The van der Waals surface area contributed by atoms with Crippen LogP contribution in [0.5, 0.6) is 0 Å². The van der Waals surface area contributed by atoms with E-state index in [4.69, 9.17) is 0 Å². The number of benzene rings is 3. The molecule has 3 aromatic carbocycles. The lowest BCUT2D eigenvalue weighted by Crippen LogP contribution is -2.26. The van der Waals surface area contributed by atoms with E-state index in [0.717, 1.165) is 10.5 Å². The maximum absolute atomic E-state index is 13.7. The number of carbonyl (C=O) groups excluding carboxylic acids is 1. The van der Waals surface area contributed by atoms with Gasteiger partial charge in [0, 0.05) is 15.7 Å². The third kappa shape index (κ3) is 4.86. The maximum atomic E-state index is 13.7. The van der Waals surface area contributed by atoms with Gasteiger partial charge in [-0.1, -0.05) is 78.4 Å². The molecule has 0 saturated carbocycles. The monoisotopic (exact) mass is 413 g/mol. The molecule has 150 valence electrons. The molecule has 0 N–H and O–H groups in total. The SMILES string of the molecule is Cc1ccc(S[C@H](c2ccccc2)[C@H](Cn2cncn2)C(=O)c2ccccc2)cc1. The van der Waals surface area contributed by atoms with Crippen molar-refractivity contribution in [1.29, 1.82) is 0 Å². The van der Waals surface area contributed by atoms with E-state index >= 15 is 0 Å². The van der Waals surface area contributed by atoms with Crippen LogP contribution in [0.1, 0.15) is 26.7 Å². The Labute approximate surface area is 181 Å². The lowest BCUT2D eigenvalue weighted by atomic mass is 9.90. The molecule has 4 aromatic rings. The maximum Gasteiger partial charge on any atom is 0.169 e. The smallest absolute Gasteiger partial charge is 0.169 e. The van der Waals surface area contributed by atoms with Crippen LogP contribution in [0.25, 0.3) is 0 Å². The van der Waals surface area contributed by atoms with Crippen molar-refractivity contribution in [2.75, 3.05) is 0 Å². The molecule has 0 bridgehead atoms. The van der Waals surface area contributed by atoms with Crippen LogP contribution in [0, 0.1) is 12.8 Å². The zero-order chi connectivity index (χ0) is 20.8. The number of ketones is 1. The number of Topliss-reactive ketones (excluding diaryl/α,β-unsaturated/α-hetero) is 1. The number of thioether (sulfide) groups is 1. The molecule has 2 atom stereocenters. The molecule has 1 aromatic heterocycles. The first-order chi connectivity index (χ1) is 14.7. The highest BCUT2D eigenvalue weighted by Crippen LogP contribution is 2.42. The first kappa shape index (κ1) is 20.1. The van der Waals surface area contributed by atoms with Gasteiger partial charge in [0.25, 0.3) is 0 Å². The zero-order valence-corrected chi connectivity index (χ0v) is 17.6. The van der Waals surface area contributed by atoms with E-state index in [1.54, 1.807) is 22.8 Å². The molecule has 4 rings (SSSR count). The van der Waals surface area contributed by atoms with Gasteiger partial charge in [-0.05, 0) is 24.6 Å². The van der Waals surface area contributed by atoms with Gasteiger partial charge >= 0.3 is 0 Å². The van der Waals surface area contributed by atoms with Gasteiger partial charge in [0.1, 0.15) is 12.7 Å². The fourth-order valence-electron chi connectivity index (χ4n) is 3.45. The molecule has 5 heteroatoms. The summed E-state index contributed by atoms with van der Waals surface area (Å²) in [6, 6.07) is 28.2. The Morgan fingerprint density at radius 2 is 1.60 bits per heavy atom. The number of hydrogen-bond acceptors (Lipinski definition) is 4. The zero-order valence-electron chi connectivity index (χ0n) is 16.8. The fraction of sp³-hybridized carbons (Fsp3) is 0.160. The van der Waals surface area contributed by atoms with Crippen molar-refractivity contribution < 1.29 is 4.79 Å². The van der Waals surface area contributed by atoms with Crippen LogP contribution in [0.4, 0.5) is 0 Å². The highest BCUT2D eigenvalue weighted by Gasteiger charge is 2.32. The molecular formula is C25H23N3OS. The molecular weight excluding hydrogens is 390 g/mol. The molecule has 0 aliphatic heterocycles. The average molecular weight is 414 g/mol. The molecule has 0 fully saturated rings. The Morgan fingerprint density at radius 3 is 2.23 bits per heavy atom. The second kappa shape index (κ2) is 9.55. The van der Waals surface area contributed by atoms with E-state index in [2.05, 4.69) is 53.4 Å². The first-order valence-corrected chi connectivity index (χ1v) is 10.8. The van der Waals surface area contributed by atoms with Gasteiger partial charge in [-0.15, -0.1) is 11.8 Å². The minimum atomic E-state index is -0.303. The van der Waals surface area contributed by atoms with Gasteiger partial charge in [-0.25, -0.2) is 4.98 Å². The summed E-state index contributed by atoms with van der Waals surface area (Å²) in [5.74, 6) is -0.192. The quantitative estimate of drug-likeness (QED) is 0.278. The van der Waals surface area contributed by atoms with Crippen molar-refractivity contribution in [2.24, 2.45) is 5.92 Å². The summed E-state index contributed by atoms with van der Waals surface area (Å²) in [4.78, 5) is 18.9. The highest BCUT2D eigenvalue weighted by molar-refractivity contribution is 7.99. The van der Waals surface area contributed by atoms with Gasteiger partial charge < -0.3 is 0 Å². The van der Waals surface area contributed by atoms with Crippen LogP contribution in [0.2, 0.25) is 0 Å². The Kier molecular flexibility index (Phi) is 6.40. The van der Waals surface area contributed by atoms with Crippen LogP contribution < -0.4 is 0 Å². The van der Waals surface area contributed by atoms with Crippen LogP contribution >= 0.6 is 11.8 Å². The number of aromatic nitrogens is 3. The summed E-state index contributed by atoms with van der Waals surface area (Å²) in [5, 5.41) is 4.21. The molecule has 0 unspecified atom stereocenters. The van der Waals surface area contributed by atoms with Crippen molar-refractivity contribution >= 4 is 17.5 Å². The van der Waals surface area contributed by atoms with Crippen LogP contribution in [0.15, 0.2) is 102 Å². The summed E-state index contributed by atoms with van der Waals surface area (Å²) in [6.07, 6.45) is 3.18. The molecule has 0 amide bonds. The number of nitrogens with zero attached hydrogens (tertiary/aromatic N) is 3. The molecule has 0 radical (unpaired) electrons. The average Bonchev–Trinajstić information content (AvgIpc) is 3.31. The molecule has 1 heterocycles. The first-order valence-electron chi connectivity index (χ1n) is 9.90. The Morgan fingerprint density at radius 1 is 0.933 bits per heavy atom. The van der Waals surface area contributed by atoms with E-state index in [1.165, 1.54) is 11.9 Å². The second-order valence-electron chi connectivity index (χ2n) is 7.22. The topological polar surface area (TPSA) is 47.8 Å². The minimum Gasteiger partial charge on any atom is -0.294 e. The lowest BCUT2D eigenvalue weighted by molar-refractivity contribution is 0.0901. The van der Waals surface area contributed by atoms with Gasteiger partial charge in [-0.3, -0.25) is 9.48 Å². The van der Waals surface area contributed by atoms with Gasteiger partial charge in [0.15, 0.2) is 5.78 Å². The Hall–Kier alpha value is -3.18. The normalized spacial score (nSPS) is 13.0. The number of hydrogen-bond donors (Lipinski definition) is 0. The number of carbonyl (C=O) groups is 1. The Bertz CT molecular complexity index is 1060. The minimum absolute atomic E-state index is 0.0641. The van der Waals surface area contributed by atoms with Crippen LogP contribution in [-0.4, -0.2) is 20.5 Å². The molecule has 0 saturated heterocycles. The molecule has 0 aliphatic rings. The van der Waals surface area contributed by atoms with Crippen molar-refractivity contribution in [3.05, 3.63) is 114 Å². The van der Waals surface area contributed by atoms with Crippen molar-refractivity contribution in [3.63, 3.8) is 0 Å². The molecule has 0 spiro atoms. The predicted molar refractivity (Wildman–Crippen MR) is 121 cm³/mol. The van der Waals surface area contributed by atoms with E-state index in [0.29, 0.717) is 12.1 Å². The van der Waals surface area contributed by atoms with Crippen molar-refractivity contribution in [2.45, 2.75) is 23.6 Å². The third-order valence-corrected chi connectivity index (χ3v) is 6.42. The second-order valence-corrected chi connectivity index (χ2v) is 8.43. The van der Waals surface area contributed by atoms with Gasteiger partial charge in [-0.2, -0.15) is 5.10 Å². The summed E-state index contributed by atoms with van der Waals surface area (Å²) in [7, 11) is 0. The summed E-state index contributed by atoms with van der Waals surface area (Å²) in [5.41, 5.74) is 3.06. The van der Waals surface area contributed by atoms with E-state index in [9.17, 15) is 4.79 Å². The lowest BCUT2D eigenvalue weighted by Gasteiger charge is -2.26. The van der Waals surface area contributed by atoms with Gasteiger partial charge in [0.05, 0.1) is 12.5 Å². The van der Waals surface area contributed by atoms with E-state index in [1.807, 2.05) is 48.5 Å². The van der Waals surface area contributed by atoms with Crippen LogP contribution in [0.3, 0.4) is 0 Å². The van der Waals surface area contributed by atoms with Gasteiger partial charge in [0.2, 0.25) is 0 Å². The third-order valence-electron chi connectivity index (χ3n) is 5.02. The summed E-state index contributed by atoms with van der Waals surface area (Å²) in [6.45, 7) is 2.54. The van der Waals surface area contributed by atoms with E-state index in [-0.39, 0.29) is 17.0 Å². The largest absolute Gasteiger partial charge is 0.294 e. The highest BCUT2D eigenvalue weighted by atomic mass is 32.2. The van der Waals surface area contributed by atoms with Crippen LogP contribution in [-0.2, 0) is 6.54 Å². The number of rotatable bonds is 8. The predicted octanol–water partition coefficient (Wildman–Crippen LogP) is 5.62. The van der Waals surface area contributed by atoms with Crippen molar-refractivity contribution in [3.8, 4) is 0 Å². The summed E-state index contributed by atoms with van der Waals surface area (Å²) >= 11 is 1.72. The summed E-state index contributed by atoms with van der Waals surface area (Å²) < 4.78 is 1.75. The standard InChI is InChI=1S/C25H23N3OS/c1-19-12-14-22(15-13-19)30-25(21-10-6-3-7-11-21)23(16-28-18-26-17-27-28)24(29)20-8-4-2-5-9-20/h2-15,17-18,23,25H,16H2,1H3/t23-,25-/m1/s1. The molecule has 30 heavy (non-hydrogen) atoms.